The zero-order valence-electron chi connectivity index (χ0n) is 19.3. The van der Waals surface area contributed by atoms with Gasteiger partial charge in [0.1, 0.15) is 11.6 Å². The molecule has 4 rings (SSSR count). The molecule has 0 bridgehead atoms. The van der Waals surface area contributed by atoms with E-state index in [4.69, 9.17) is 9.72 Å². The molecule has 1 aromatic heterocycles. The van der Waals surface area contributed by atoms with Gasteiger partial charge in [-0.15, -0.1) is 0 Å². The van der Waals surface area contributed by atoms with Crippen LogP contribution in [0.15, 0.2) is 78.9 Å². The van der Waals surface area contributed by atoms with Crippen molar-refractivity contribution in [3.8, 4) is 22.8 Å². The van der Waals surface area contributed by atoms with Gasteiger partial charge in [0.2, 0.25) is 5.91 Å². The Morgan fingerprint density at radius 1 is 0.939 bits per heavy atom. The van der Waals surface area contributed by atoms with Crippen molar-refractivity contribution in [2.75, 3.05) is 6.61 Å². The summed E-state index contributed by atoms with van der Waals surface area (Å²) in [5, 5.41) is 2.93. The van der Waals surface area contributed by atoms with Crippen molar-refractivity contribution < 1.29 is 9.53 Å². The molecule has 0 saturated heterocycles. The molecule has 5 nitrogen and oxygen atoms in total. The molecule has 33 heavy (non-hydrogen) atoms. The largest absolute Gasteiger partial charge is 0.494 e. The number of imidazole rings is 1. The third-order valence-corrected chi connectivity index (χ3v) is 5.44. The Balaban J connectivity index is 1.47. The van der Waals surface area contributed by atoms with E-state index in [2.05, 4.69) is 40.2 Å². The Hall–Kier alpha value is -3.60. The molecule has 1 heterocycles. The predicted molar refractivity (Wildman–Crippen MR) is 134 cm³/mol. The van der Waals surface area contributed by atoms with Crippen LogP contribution in [-0.4, -0.2) is 28.1 Å². The summed E-state index contributed by atoms with van der Waals surface area (Å²) in [5.41, 5.74) is 4.08. The lowest BCUT2D eigenvalue weighted by atomic mass is 10.2. The van der Waals surface area contributed by atoms with E-state index in [-0.39, 0.29) is 11.9 Å². The number of fused-ring (bicyclic) bond motifs is 1. The summed E-state index contributed by atoms with van der Waals surface area (Å²) < 4.78 is 8.24. The maximum Gasteiger partial charge on any atom is 0.220 e. The molecule has 1 N–H and O–H groups in total. The van der Waals surface area contributed by atoms with Crippen LogP contribution in [0.25, 0.3) is 28.1 Å². The van der Waals surface area contributed by atoms with Gasteiger partial charge in [-0.05, 0) is 57.4 Å². The molecule has 3 aromatic carbocycles. The van der Waals surface area contributed by atoms with Gasteiger partial charge >= 0.3 is 0 Å². The molecule has 0 aliphatic carbocycles. The van der Waals surface area contributed by atoms with Gasteiger partial charge in [-0.25, -0.2) is 4.98 Å². The summed E-state index contributed by atoms with van der Waals surface area (Å²) in [6.07, 6.45) is 3.33. The molecular formula is C28H31N3O2. The van der Waals surface area contributed by atoms with E-state index >= 15 is 0 Å². The van der Waals surface area contributed by atoms with E-state index in [0.29, 0.717) is 13.0 Å². The monoisotopic (exact) mass is 441 g/mol. The minimum absolute atomic E-state index is 0.125. The highest BCUT2D eigenvalue weighted by molar-refractivity contribution is 5.84. The van der Waals surface area contributed by atoms with Gasteiger partial charge in [-0.1, -0.05) is 48.5 Å². The SMILES string of the molecule is CC(C)NC(=O)CCCCCOc1ccc2nc(-c3ccccc3)n(-c3ccccc3)c2c1. The number of amides is 1. The van der Waals surface area contributed by atoms with Crippen LogP contribution in [0.3, 0.4) is 0 Å². The van der Waals surface area contributed by atoms with Crippen molar-refractivity contribution in [1.29, 1.82) is 0 Å². The van der Waals surface area contributed by atoms with Crippen molar-refractivity contribution in [1.82, 2.24) is 14.9 Å². The van der Waals surface area contributed by atoms with E-state index in [1.54, 1.807) is 0 Å². The van der Waals surface area contributed by atoms with Gasteiger partial charge in [0.15, 0.2) is 0 Å². The second-order valence-corrected chi connectivity index (χ2v) is 8.50. The summed E-state index contributed by atoms with van der Waals surface area (Å²) >= 11 is 0. The number of aromatic nitrogens is 2. The topological polar surface area (TPSA) is 56.1 Å². The number of carbonyl (C=O) groups is 1. The normalized spacial score (nSPS) is 11.1. The standard InChI is InChI=1S/C28H31N3O2/c1-21(2)29-27(32)16-10-5-11-19-33-24-17-18-25-26(20-24)31(23-14-8-4-9-15-23)28(30-25)22-12-6-3-7-13-22/h3-4,6-9,12-15,17-18,20-21H,5,10-11,16,19H2,1-2H3,(H,29,32). The summed E-state index contributed by atoms with van der Waals surface area (Å²) in [4.78, 5) is 16.7. The summed E-state index contributed by atoms with van der Waals surface area (Å²) in [7, 11) is 0. The highest BCUT2D eigenvalue weighted by Crippen LogP contribution is 2.30. The first-order valence-corrected chi connectivity index (χ1v) is 11.7. The molecule has 0 fully saturated rings. The number of hydrogen-bond acceptors (Lipinski definition) is 3. The number of unbranched alkanes of at least 4 members (excludes halogenated alkanes) is 2. The van der Waals surface area contributed by atoms with Gasteiger partial charge < -0.3 is 10.1 Å². The van der Waals surface area contributed by atoms with Crippen molar-refractivity contribution in [3.05, 3.63) is 78.9 Å². The predicted octanol–water partition coefficient (Wildman–Crippen LogP) is 6.16. The Bertz CT molecular complexity index is 1180. The van der Waals surface area contributed by atoms with Gasteiger partial charge in [-0.2, -0.15) is 0 Å². The zero-order valence-corrected chi connectivity index (χ0v) is 19.3. The Morgan fingerprint density at radius 3 is 2.39 bits per heavy atom. The number of rotatable bonds is 10. The second-order valence-electron chi connectivity index (χ2n) is 8.50. The van der Waals surface area contributed by atoms with Gasteiger partial charge in [0, 0.05) is 29.8 Å². The zero-order chi connectivity index (χ0) is 23.0. The Morgan fingerprint density at radius 2 is 1.67 bits per heavy atom. The van der Waals surface area contributed by atoms with E-state index in [9.17, 15) is 4.79 Å². The fraction of sp³-hybridized carbons (Fsp3) is 0.286. The number of benzene rings is 3. The number of hydrogen-bond donors (Lipinski definition) is 1. The van der Waals surface area contributed by atoms with Gasteiger partial charge in [0.05, 0.1) is 17.6 Å². The Kier molecular flexibility index (Phi) is 7.40. The summed E-state index contributed by atoms with van der Waals surface area (Å²) in [6, 6.07) is 26.8. The molecule has 0 aliphatic rings. The fourth-order valence-corrected chi connectivity index (χ4v) is 3.91. The first-order valence-electron chi connectivity index (χ1n) is 11.7. The molecule has 1 amide bonds. The average molecular weight is 442 g/mol. The van der Waals surface area contributed by atoms with Crippen LogP contribution in [0.1, 0.15) is 39.5 Å². The van der Waals surface area contributed by atoms with Gasteiger partial charge in [-0.3, -0.25) is 9.36 Å². The minimum atomic E-state index is 0.125. The van der Waals surface area contributed by atoms with Crippen LogP contribution in [0, 0.1) is 0 Å². The summed E-state index contributed by atoms with van der Waals surface area (Å²) in [5.74, 6) is 1.87. The quantitative estimate of drug-likeness (QED) is 0.300. The minimum Gasteiger partial charge on any atom is -0.494 e. The maximum atomic E-state index is 11.7. The number of para-hydroxylation sites is 1. The molecule has 4 aromatic rings. The highest BCUT2D eigenvalue weighted by Gasteiger charge is 2.15. The Labute approximate surface area is 195 Å². The van der Waals surface area contributed by atoms with Crippen molar-refractivity contribution in [2.45, 2.75) is 45.6 Å². The molecule has 0 atom stereocenters. The fourth-order valence-electron chi connectivity index (χ4n) is 3.91. The van der Waals surface area contributed by atoms with E-state index in [1.165, 1.54) is 0 Å². The first kappa shape index (κ1) is 22.6. The average Bonchev–Trinajstić information content (AvgIpc) is 3.21. The lowest BCUT2D eigenvalue weighted by molar-refractivity contribution is -0.121. The van der Waals surface area contributed by atoms with Crippen LogP contribution < -0.4 is 10.1 Å². The number of ether oxygens (including phenoxy) is 1. The maximum absolute atomic E-state index is 11.7. The molecule has 5 heteroatoms. The summed E-state index contributed by atoms with van der Waals surface area (Å²) in [6.45, 7) is 4.59. The lowest BCUT2D eigenvalue weighted by Crippen LogP contribution is -2.29. The smallest absolute Gasteiger partial charge is 0.220 e. The van der Waals surface area contributed by atoms with E-state index < -0.39 is 0 Å². The van der Waals surface area contributed by atoms with E-state index in [1.807, 2.05) is 62.4 Å². The number of carbonyl (C=O) groups excluding carboxylic acids is 1. The van der Waals surface area contributed by atoms with Crippen molar-refractivity contribution in [3.63, 3.8) is 0 Å². The second kappa shape index (κ2) is 10.8. The number of nitrogens with one attached hydrogen (secondary N) is 1. The third-order valence-electron chi connectivity index (χ3n) is 5.44. The molecule has 0 saturated carbocycles. The van der Waals surface area contributed by atoms with E-state index in [0.717, 1.165) is 53.1 Å². The van der Waals surface area contributed by atoms with Crippen LogP contribution in [0.2, 0.25) is 0 Å². The third kappa shape index (κ3) is 5.80. The van der Waals surface area contributed by atoms with Crippen LogP contribution in [0.4, 0.5) is 0 Å². The molecule has 0 unspecified atom stereocenters. The van der Waals surface area contributed by atoms with Crippen molar-refractivity contribution >= 4 is 16.9 Å². The van der Waals surface area contributed by atoms with Crippen molar-refractivity contribution in [2.24, 2.45) is 0 Å². The molecule has 0 radical (unpaired) electrons. The van der Waals surface area contributed by atoms with Crippen LogP contribution in [-0.2, 0) is 4.79 Å². The molecule has 0 spiro atoms. The molecule has 170 valence electrons. The molecular weight excluding hydrogens is 410 g/mol. The lowest BCUT2D eigenvalue weighted by Gasteiger charge is -2.11. The van der Waals surface area contributed by atoms with Crippen LogP contribution >= 0.6 is 0 Å². The highest BCUT2D eigenvalue weighted by atomic mass is 16.5. The van der Waals surface area contributed by atoms with Crippen LogP contribution in [0.5, 0.6) is 5.75 Å². The van der Waals surface area contributed by atoms with Gasteiger partial charge in [0.25, 0.3) is 0 Å². The molecule has 0 aliphatic heterocycles. The first-order chi connectivity index (χ1) is 16.1. The number of nitrogens with zero attached hydrogens (tertiary/aromatic N) is 2.